The van der Waals surface area contributed by atoms with Crippen LogP contribution in [0.2, 0.25) is 0 Å². The van der Waals surface area contributed by atoms with Crippen molar-refractivity contribution in [2.75, 3.05) is 44.7 Å². The van der Waals surface area contributed by atoms with Gasteiger partial charge in [-0.15, -0.1) is 0 Å². The van der Waals surface area contributed by atoms with Gasteiger partial charge in [0.15, 0.2) is 0 Å². The molecule has 0 aromatic heterocycles. The van der Waals surface area contributed by atoms with Gasteiger partial charge in [-0.05, 0) is 32.9 Å². The molecule has 1 saturated heterocycles. The smallest absolute Gasteiger partial charge is 0.234 e. The number of amides is 1. The minimum absolute atomic E-state index is 0.0956. The molecule has 0 spiro atoms. The molecule has 1 aromatic carbocycles. The van der Waals surface area contributed by atoms with E-state index in [0.717, 1.165) is 37.6 Å². The van der Waals surface area contributed by atoms with Crippen LogP contribution >= 0.6 is 0 Å². The molecule has 5 heteroatoms. The lowest BCUT2D eigenvalue weighted by Gasteiger charge is -2.36. The highest BCUT2D eigenvalue weighted by molar-refractivity contribution is 5.78. The zero-order valence-electron chi connectivity index (χ0n) is 14.1. The molecule has 0 unspecified atom stereocenters. The molecule has 0 saturated carbocycles. The molecule has 1 aliphatic rings. The Morgan fingerprint density at radius 1 is 1.18 bits per heavy atom. The summed E-state index contributed by atoms with van der Waals surface area (Å²) in [6.45, 7) is 10.1. The maximum absolute atomic E-state index is 12.0. The maximum Gasteiger partial charge on any atom is 0.234 e. The Morgan fingerprint density at radius 2 is 1.82 bits per heavy atom. The second-order valence-electron chi connectivity index (χ2n) is 6.73. The lowest BCUT2D eigenvalue weighted by Crippen LogP contribution is -2.51. The van der Waals surface area contributed by atoms with E-state index >= 15 is 0 Å². The molecule has 0 radical (unpaired) electrons. The molecule has 2 rings (SSSR count). The number of para-hydroxylation sites is 2. The molecule has 1 aromatic rings. The van der Waals surface area contributed by atoms with Gasteiger partial charge < -0.3 is 15.0 Å². The van der Waals surface area contributed by atoms with E-state index in [1.807, 2.05) is 39.0 Å². The van der Waals surface area contributed by atoms with E-state index in [9.17, 15) is 4.79 Å². The molecule has 1 amide bonds. The summed E-state index contributed by atoms with van der Waals surface area (Å²) >= 11 is 0. The highest BCUT2D eigenvalue weighted by atomic mass is 16.5. The van der Waals surface area contributed by atoms with Gasteiger partial charge >= 0.3 is 0 Å². The van der Waals surface area contributed by atoms with Crippen LogP contribution in [-0.2, 0) is 4.79 Å². The summed E-state index contributed by atoms with van der Waals surface area (Å²) in [5.41, 5.74) is 0.958. The Morgan fingerprint density at radius 3 is 2.41 bits per heavy atom. The first-order chi connectivity index (χ1) is 10.4. The zero-order chi connectivity index (χ0) is 16.2. The van der Waals surface area contributed by atoms with Crippen LogP contribution in [0, 0.1) is 0 Å². The number of rotatable bonds is 4. The van der Waals surface area contributed by atoms with E-state index in [-0.39, 0.29) is 11.4 Å². The van der Waals surface area contributed by atoms with Gasteiger partial charge in [-0.25, -0.2) is 0 Å². The molecular weight excluding hydrogens is 278 g/mol. The van der Waals surface area contributed by atoms with Crippen molar-refractivity contribution in [1.29, 1.82) is 0 Å². The number of carbonyl (C=O) groups excluding carboxylic acids is 1. The second-order valence-corrected chi connectivity index (χ2v) is 6.73. The number of hydrogen-bond acceptors (Lipinski definition) is 4. The van der Waals surface area contributed by atoms with Crippen LogP contribution < -0.4 is 15.0 Å². The van der Waals surface area contributed by atoms with Gasteiger partial charge in [0.1, 0.15) is 5.75 Å². The van der Waals surface area contributed by atoms with Crippen LogP contribution in [-0.4, -0.2) is 56.2 Å². The first kappa shape index (κ1) is 16.6. The van der Waals surface area contributed by atoms with Crippen LogP contribution in [0.4, 0.5) is 5.69 Å². The predicted molar refractivity (Wildman–Crippen MR) is 89.5 cm³/mol. The predicted octanol–water partition coefficient (Wildman–Crippen LogP) is 1.73. The highest BCUT2D eigenvalue weighted by Crippen LogP contribution is 2.28. The Hall–Kier alpha value is -1.75. The van der Waals surface area contributed by atoms with E-state index in [0.29, 0.717) is 6.54 Å². The van der Waals surface area contributed by atoms with Gasteiger partial charge in [-0.2, -0.15) is 0 Å². The third kappa shape index (κ3) is 4.63. The first-order valence-electron chi connectivity index (χ1n) is 7.80. The molecule has 5 nitrogen and oxygen atoms in total. The van der Waals surface area contributed by atoms with Crippen LogP contribution in [0.25, 0.3) is 0 Å². The average Bonchev–Trinajstić information content (AvgIpc) is 2.46. The van der Waals surface area contributed by atoms with Crippen molar-refractivity contribution in [3.8, 4) is 5.75 Å². The Balaban J connectivity index is 1.87. The number of carbonyl (C=O) groups is 1. The molecule has 1 fully saturated rings. The number of nitrogens with one attached hydrogen (secondary N) is 1. The highest BCUT2D eigenvalue weighted by Gasteiger charge is 2.22. The largest absolute Gasteiger partial charge is 0.495 e. The SMILES string of the molecule is COc1ccccc1N1CCN(CC(=O)NC(C)(C)C)CC1. The van der Waals surface area contributed by atoms with E-state index in [4.69, 9.17) is 4.74 Å². The Bertz CT molecular complexity index is 503. The third-order valence-corrected chi connectivity index (χ3v) is 3.68. The van der Waals surface area contributed by atoms with E-state index in [1.165, 1.54) is 0 Å². The van der Waals surface area contributed by atoms with Gasteiger partial charge in [-0.3, -0.25) is 9.69 Å². The fourth-order valence-corrected chi connectivity index (χ4v) is 2.70. The van der Waals surface area contributed by atoms with Crippen LogP contribution in [0.5, 0.6) is 5.75 Å². The van der Waals surface area contributed by atoms with Crippen molar-refractivity contribution in [1.82, 2.24) is 10.2 Å². The lowest BCUT2D eigenvalue weighted by molar-refractivity contribution is -0.123. The van der Waals surface area contributed by atoms with E-state index < -0.39 is 0 Å². The quantitative estimate of drug-likeness (QED) is 0.920. The van der Waals surface area contributed by atoms with Gasteiger partial charge in [0.2, 0.25) is 5.91 Å². The minimum atomic E-state index is -0.170. The summed E-state index contributed by atoms with van der Waals surface area (Å²) in [7, 11) is 1.70. The summed E-state index contributed by atoms with van der Waals surface area (Å²) in [6, 6.07) is 8.08. The molecule has 0 atom stereocenters. The Kier molecular flexibility index (Phi) is 5.29. The minimum Gasteiger partial charge on any atom is -0.495 e. The standard InChI is InChI=1S/C17H27N3O2/c1-17(2,3)18-16(21)13-19-9-11-20(12-10-19)14-7-5-6-8-15(14)22-4/h5-8H,9-13H2,1-4H3,(H,18,21). The number of anilines is 1. The number of benzene rings is 1. The lowest BCUT2D eigenvalue weighted by atomic mass is 10.1. The van der Waals surface area contributed by atoms with Crippen LogP contribution in [0.15, 0.2) is 24.3 Å². The summed E-state index contributed by atoms with van der Waals surface area (Å²) in [5, 5.41) is 3.01. The molecule has 1 heterocycles. The monoisotopic (exact) mass is 305 g/mol. The second kappa shape index (κ2) is 7.01. The maximum atomic E-state index is 12.0. The summed E-state index contributed by atoms with van der Waals surface area (Å²) in [6.07, 6.45) is 0. The fraction of sp³-hybridized carbons (Fsp3) is 0.588. The topological polar surface area (TPSA) is 44.8 Å². The number of hydrogen-bond donors (Lipinski definition) is 1. The molecule has 122 valence electrons. The first-order valence-corrected chi connectivity index (χ1v) is 7.80. The van der Waals surface area contributed by atoms with Crippen molar-refractivity contribution in [3.05, 3.63) is 24.3 Å². The van der Waals surface area contributed by atoms with Crippen LogP contribution in [0.3, 0.4) is 0 Å². The Labute approximate surface area is 133 Å². The van der Waals surface area contributed by atoms with Gasteiger partial charge in [0, 0.05) is 31.7 Å². The molecule has 22 heavy (non-hydrogen) atoms. The third-order valence-electron chi connectivity index (χ3n) is 3.68. The molecule has 1 aliphatic heterocycles. The van der Waals surface area contributed by atoms with Gasteiger partial charge in [0.05, 0.1) is 19.3 Å². The van der Waals surface area contributed by atoms with Crippen molar-refractivity contribution in [3.63, 3.8) is 0 Å². The van der Waals surface area contributed by atoms with Crippen molar-refractivity contribution in [2.45, 2.75) is 26.3 Å². The van der Waals surface area contributed by atoms with E-state index in [2.05, 4.69) is 21.2 Å². The van der Waals surface area contributed by atoms with Crippen LogP contribution in [0.1, 0.15) is 20.8 Å². The van der Waals surface area contributed by atoms with Gasteiger partial charge in [0.25, 0.3) is 0 Å². The number of methoxy groups -OCH3 is 1. The molecular formula is C17H27N3O2. The number of nitrogens with zero attached hydrogens (tertiary/aromatic N) is 2. The normalized spacial score (nSPS) is 16.5. The van der Waals surface area contributed by atoms with Gasteiger partial charge in [-0.1, -0.05) is 12.1 Å². The molecule has 0 aliphatic carbocycles. The number of ether oxygens (including phenoxy) is 1. The summed E-state index contributed by atoms with van der Waals surface area (Å²) in [4.78, 5) is 16.5. The summed E-state index contributed by atoms with van der Waals surface area (Å²) < 4.78 is 5.43. The van der Waals surface area contributed by atoms with Crippen molar-refractivity contribution < 1.29 is 9.53 Å². The summed E-state index contributed by atoms with van der Waals surface area (Å²) in [5.74, 6) is 1.000. The molecule has 0 bridgehead atoms. The van der Waals surface area contributed by atoms with Crippen molar-refractivity contribution in [2.24, 2.45) is 0 Å². The zero-order valence-corrected chi connectivity index (χ0v) is 14.1. The van der Waals surface area contributed by atoms with E-state index in [1.54, 1.807) is 7.11 Å². The molecule has 1 N–H and O–H groups in total. The average molecular weight is 305 g/mol. The number of piperazine rings is 1. The van der Waals surface area contributed by atoms with Crippen molar-refractivity contribution >= 4 is 11.6 Å². The fourth-order valence-electron chi connectivity index (χ4n) is 2.70.